The molecule has 1 N–H and O–H groups in total. The number of H-pyrrole nitrogens is 1. The van der Waals surface area contributed by atoms with Gasteiger partial charge < -0.3 is 14.5 Å². The molecule has 0 amide bonds. The van der Waals surface area contributed by atoms with Gasteiger partial charge in [0, 0.05) is 18.2 Å². The smallest absolute Gasteiger partial charge is 0.264 e. The number of ether oxygens (including phenoxy) is 2. The lowest BCUT2D eigenvalue weighted by atomic mass is 10.1. The maximum atomic E-state index is 11.8. The Kier molecular flexibility index (Phi) is 3.88. The van der Waals surface area contributed by atoms with Gasteiger partial charge in [-0.25, -0.2) is 4.98 Å². The number of nitrogens with one attached hydrogen (secondary N) is 1. The van der Waals surface area contributed by atoms with Crippen molar-refractivity contribution in [3.8, 4) is 22.9 Å². The van der Waals surface area contributed by atoms with E-state index in [4.69, 9.17) is 9.47 Å². The van der Waals surface area contributed by atoms with Gasteiger partial charge in [-0.15, -0.1) is 0 Å². The molecule has 6 heteroatoms. The van der Waals surface area contributed by atoms with Gasteiger partial charge >= 0.3 is 0 Å². The highest BCUT2D eigenvalue weighted by Gasteiger charge is 2.23. The van der Waals surface area contributed by atoms with E-state index < -0.39 is 0 Å². The predicted octanol–water partition coefficient (Wildman–Crippen LogP) is 2.76. The molecule has 0 saturated carbocycles. The van der Waals surface area contributed by atoms with Gasteiger partial charge in [0.1, 0.15) is 23.4 Å². The van der Waals surface area contributed by atoms with Crippen LogP contribution in [0.1, 0.15) is 19.4 Å². The molecule has 0 bridgehead atoms. The fourth-order valence-electron chi connectivity index (χ4n) is 2.42. The zero-order chi connectivity index (χ0) is 15.0. The zero-order valence-corrected chi connectivity index (χ0v) is 13.9. The third-order valence-corrected chi connectivity index (χ3v) is 4.08. The van der Waals surface area contributed by atoms with Gasteiger partial charge in [-0.1, -0.05) is 0 Å². The zero-order valence-electron chi connectivity index (χ0n) is 11.8. The summed E-state index contributed by atoms with van der Waals surface area (Å²) in [5.74, 6) is 2.05. The van der Waals surface area contributed by atoms with Gasteiger partial charge in [-0.05, 0) is 48.6 Å². The largest absolute Gasteiger partial charge is 0.493 e. The van der Waals surface area contributed by atoms with Crippen molar-refractivity contribution < 1.29 is 9.47 Å². The first-order valence-electron chi connectivity index (χ1n) is 6.80. The second-order valence-corrected chi connectivity index (χ2v) is 6.09. The van der Waals surface area contributed by atoms with Crippen LogP contribution in [0, 0.1) is 3.57 Å². The Bertz CT molecular complexity index is 742. The molecule has 0 radical (unpaired) electrons. The van der Waals surface area contributed by atoms with E-state index >= 15 is 0 Å². The second-order valence-electron chi connectivity index (χ2n) is 4.93. The van der Waals surface area contributed by atoms with Gasteiger partial charge in [0.2, 0.25) is 0 Å². The Morgan fingerprint density at radius 2 is 2.33 bits per heavy atom. The molecule has 2 aromatic rings. The van der Waals surface area contributed by atoms with Gasteiger partial charge in [0.25, 0.3) is 5.56 Å². The first kappa shape index (κ1) is 14.4. The molecule has 1 aromatic heterocycles. The number of halogens is 1. The van der Waals surface area contributed by atoms with Crippen LogP contribution in [0.5, 0.6) is 11.5 Å². The third kappa shape index (κ3) is 2.76. The standard InChI is InChI=1S/C15H15IN2O3/c1-3-20-13-5-9-4-8(2)21-12(9)6-10(13)14-17-7-11(16)15(19)18-14/h5-8H,3-4H2,1-2H3,(H,17,18,19). The van der Waals surface area contributed by atoms with Crippen LogP contribution >= 0.6 is 22.6 Å². The van der Waals surface area contributed by atoms with Crippen molar-refractivity contribution in [1.29, 1.82) is 0 Å². The Hall–Kier alpha value is -1.57. The SMILES string of the molecule is CCOc1cc2c(cc1-c1ncc(I)c(=O)[nH]1)OC(C)C2. The number of rotatable bonds is 3. The number of aromatic nitrogens is 2. The Balaban J connectivity index is 2.14. The highest BCUT2D eigenvalue weighted by atomic mass is 127. The average Bonchev–Trinajstić information content (AvgIpc) is 2.80. The number of aromatic amines is 1. The molecule has 5 nitrogen and oxygen atoms in total. The Morgan fingerprint density at radius 1 is 1.52 bits per heavy atom. The van der Waals surface area contributed by atoms with Gasteiger partial charge in [-0.3, -0.25) is 4.79 Å². The topological polar surface area (TPSA) is 64.2 Å². The van der Waals surface area contributed by atoms with Crippen molar-refractivity contribution in [2.45, 2.75) is 26.4 Å². The quantitative estimate of drug-likeness (QED) is 0.808. The minimum absolute atomic E-state index is 0.155. The fourth-order valence-corrected chi connectivity index (χ4v) is 2.69. The molecule has 3 rings (SSSR count). The average molecular weight is 398 g/mol. The van der Waals surface area contributed by atoms with E-state index in [0.29, 0.717) is 16.0 Å². The number of hydrogen-bond acceptors (Lipinski definition) is 4. The van der Waals surface area contributed by atoms with E-state index in [1.807, 2.05) is 48.6 Å². The summed E-state index contributed by atoms with van der Waals surface area (Å²) in [5, 5.41) is 0. The van der Waals surface area contributed by atoms with E-state index in [1.165, 1.54) is 0 Å². The molecule has 1 aromatic carbocycles. The fraction of sp³-hybridized carbons (Fsp3) is 0.333. The molecule has 21 heavy (non-hydrogen) atoms. The van der Waals surface area contributed by atoms with Crippen LogP contribution in [0.25, 0.3) is 11.4 Å². The first-order valence-corrected chi connectivity index (χ1v) is 7.88. The second kappa shape index (κ2) is 5.67. The van der Waals surface area contributed by atoms with E-state index in [0.717, 1.165) is 29.0 Å². The molecular formula is C15H15IN2O3. The van der Waals surface area contributed by atoms with E-state index in [1.54, 1.807) is 6.20 Å². The van der Waals surface area contributed by atoms with Gasteiger partial charge in [0.15, 0.2) is 0 Å². The normalized spacial score (nSPS) is 16.4. The number of hydrogen-bond donors (Lipinski definition) is 1. The van der Waals surface area contributed by atoms with E-state index in [9.17, 15) is 4.79 Å². The van der Waals surface area contributed by atoms with Crippen molar-refractivity contribution in [2.75, 3.05) is 6.61 Å². The third-order valence-electron chi connectivity index (χ3n) is 3.31. The maximum Gasteiger partial charge on any atom is 0.264 e. The van der Waals surface area contributed by atoms with Crippen molar-refractivity contribution in [3.63, 3.8) is 0 Å². The lowest BCUT2D eigenvalue weighted by molar-refractivity contribution is 0.254. The summed E-state index contributed by atoms with van der Waals surface area (Å²) in [5.41, 5.74) is 1.72. The molecule has 110 valence electrons. The summed E-state index contributed by atoms with van der Waals surface area (Å²) in [6.45, 7) is 4.52. The summed E-state index contributed by atoms with van der Waals surface area (Å²) < 4.78 is 12.0. The maximum absolute atomic E-state index is 11.8. The summed E-state index contributed by atoms with van der Waals surface area (Å²) in [7, 11) is 0. The molecule has 0 aliphatic carbocycles. The number of fused-ring (bicyclic) bond motifs is 1. The Morgan fingerprint density at radius 3 is 3.05 bits per heavy atom. The number of benzene rings is 1. The molecule has 0 spiro atoms. The van der Waals surface area contributed by atoms with Crippen molar-refractivity contribution >= 4 is 22.6 Å². The highest BCUT2D eigenvalue weighted by molar-refractivity contribution is 14.1. The van der Waals surface area contributed by atoms with Crippen molar-refractivity contribution in [2.24, 2.45) is 0 Å². The number of nitrogens with zero attached hydrogens (tertiary/aromatic N) is 1. The van der Waals surface area contributed by atoms with Crippen molar-refractivity contribution in [1.82, 2.24) is 9.97 Å². The summed E-state index contributed by atoms with van der Waals surface area (Å²) in [6.07, 6.45) is 2.58. The van der Waals surface area contributed by atoms with E-state index in [-0.39, 0.29) is 11.7 Å². The van der Waals surface area contributed by atoms with Crippen LogP contribution in [0.3, 0.4) is 0 Å². The lowest BCUT2D eigenvalue weighted by Gasteiger charge is -2.12. The van der Waals surface area contributed by atoms with Crippen LogP contribution in [0.2, 0.25) is 0 Å². The lowest BCUT2D eigenvalue weighted by Crippen LogP contribution is -2.12. The molecule has 0 fully saturated rings. The minimum atomic E-state index is -0.155. The molecule has 1 unspecified atom stereocenters. The molecule has 1 aliphatic rings. The monoisotopic (exact) mass is 398 g/mol. The summed E-state index contributed by atoms with van der Waals surface area (Å²) >= 11 is 1.96. The summed E-state index contributed by atoms with van der Waals surface area (Å²) in [6, 6.07) is 3.88. The van der Waals surface area contributed by atoms with Crippen LogP contribution in [0.4, 0.5) is 0 Å². The Labute approximate surface area is 135 Å². The molecule has 1 atom stereocenters. The van der Waals surface area contributed by atoms with Crippen LogP contribution in [-0.4, -0.2) is 22.7 Å². The first-order chi connectivity index (χ1) is 10.1. The van der Waals surface area contributed by atoms with E-state index in [2.05, 4.69) is 9.97 Å². The molecule has 0 saturated heterocycles. The van der Waals surface area contributed by atoms with Gasteiger partial charge in [0.05, 0.1) is 15.7 Å². The molecule has 2 heterocycles. The molecular weight excluding hydrogens is 383 g/mol. The van der Waals surface area contributed by atoms with Crippen LogP contribution in [0.15, 0.2) is 23.1 Å². The predicted molar refractivity (Wildman–Crippen MR) is 88.0 cm³/mol. The van der Waals surface area contributed by atoms with Crippen LogP contribution in [-0.2, 0) is 6.42 Å². The minimum Gasteiger partial charge on any atom is -0.493 e. The molecule has 1 aliphatic heterocycles. The van der Waals surface area contributed by atoms with Gasteiger partial charge in [-0.2, -0.15) is 0 Å². The summed E-state index contributed by atoms with van der Waals surface area (Å²) in [4.78, 5) is 18.9. The van der Waals surface area contributed by atoms with Crippen LogP contribution < -0.4 is 15.0 Å². The van der Waals surface area contributed by atoms with Crippen molar-refractivity contribution in [3.05, 3.63) is 37.8 Å². The highest BCUT2D eigenvalue weighted by Crippen LogP contribution is 2.38.